The second-order valence-corrected chi connectivity index (χ2v) is 6.25. The number of nitrogens with zero attached hydrogens (tertiary/aromatic N) is 1. The van der Waals surface area contributed by atoms with Crippen LogP contribution in [-0.4, -0.2) is 24.0 Å². The number of carbonyl (C=O) groups excluding carboxylic acids is 1. The van der Waals surface area contributed by atoms with Crippen LogP contribution in [0, 0.1) is 18.8 Å². The summed E-state index contributed by atoms with van der Waals surface area (Å²) >= 11 is 0. The molecule has 116 valence electrons. The molecule has 2 rings (SSSR count). The molecule has 1 fully saturated rings. The summed E-state index contributed by atoms with van der Waals surface area (Å²) in [6, 6.07) is 1.93. The summed E-state index contributed by atoms with van der Waals surface area (Å²) in [5, 5.41) is 6.33. The number of anilines is 1. The van der Waals surface area contributed by atoms with E-state index in [-0.39, 0.29) is 5.91 Å². The van der Waals surface area contributed by atoms with Crippen LogP contribution in [0.1, 0.15) is 55.6 Å². The van der Waals surface area contributed by atoms with Crippen LogP contribution in [0.25, 0.3) is 0 Å². The summed E-state index contributed by atoms with van der Waals surface area (Å²) in [5.41, 5.74) is 2.44. The van der Waals surface area contributed by atoms with Crippen LogP contribution < -0.4 is 10.6 Å². The maximum Gasteiger partial charge on any atom is 0.254 e. The zero-order chi connectivity index (χ0) is 15.2. The molecule has 0 spiro atoms. The van der Waals surface area contributed by atoms with Gasteiger partial charge in [-0.1, -0.05) is 19.8 Å². The predicted octanol–water partition coefficient (Wildman–Crippen LogP) is 3.38. The summed E-state index contributed by atoms with van der Waals surface area (Å²) in [6.07, 6.45) is 6.75. The lowest BCUT2D eigenvalue weighted by atomic mass is 9.82. The first-order valence-corrected chi connectivity index (χ1v) is 8.08. The Morgan fingerprint density at radius 3 is 2.95 bits per heavy atom. The number of nitrogens with one attached hydrogen (secondary N) is 2. The molecule has 2 atom stereocenters. The van der Waals surface area contributed by atoms with Gasteiger partial charge < -0.3 is 10.6 Å². The Morgan fingerprint density at radius 1 is 1.43 bits per heavy atom. The van der Waals surface area contributed by atoms with Gasteiger partial charge in [-0.15, -0.1) is 0 Å². The van der Waals surface area contributed by atoms with Crippen molar-refractivity contribution in [2.75, 3.05) is 18.4 Å². The SMILES string of the molecule is CCNc1cc(C)ncc1C(=O)NCC1CCCC(C)C1. The number of aromatic nitrogens is 1. The monoisotopic (exact) mass is 289 g/mol. The fraction of sp³-hybridized carbons (Fsp3) is 0.647. The van der Waals surface area contributed by atoms with Crippen LogP contribution in [0.4, 0.5) is 5.69 Å². The largest absolute Gasteiger partial charge is 0.385 e. The van der Waals surface area contributed by atoms with Gasteiger partial charge in [0, 0.05) is 25.0 Å². The van der Waals surface area contributed by atoms with Crippen molar-refractivity contribution in [2.45, 2.75) is 46.5 Å². The van der Waals surface area contributed by atoms with Gasteiger partial charge in [-0.2, -0.15) is 0 Å². The van der Waals surface area contributed by atoms with Crippen LogP contribution >= 0.6 is 0 Å². The highest BCUT2D eigenvalue weighted by Gasteiger charge is 2.20. The second kappa shape index (κ2) is 7.43. The molecule has 1 aromatic rings. The van der Waals surface area contributed by atoms with E-state index in [1.807, 2.05) is 19.9 Å². The molecule has 0 bridgehead atoms. The lowest BCUT2D eigenvalue weighted by Crippen LogP contribution is -2.32. The molecule has 1 saturated carbocycles. The van der Waals surface area contributed by atoms with Crippen molar-refractivity contribution < 1.29 is 4.79 Å². The lowest BCUT2D eigenvalue weighted by Gasteiger charge is -2.26. The standard InChI is InChI=1S/C17H27N3O/c1-4-18-16-9-13(3)19-11-15(16)17(21)20-10-14-7-5-6-12(2)8-14/h9,11-12,14H,4-8,10H2,1-3H3,(H,18,19)(H,20,21). The third-order valence-corrected chi connectivity index (χ3v) is 4.25. The quantitative estimate of drug-likeness (QED) is 0.873. The Hall–Kier alpha value is -1.58. The normalized spacial score (nSPS) is 21.9. The van der Waals surface area contributed by atoms with E-state index in [0.29, 0.717) is 11.5 Å². The van der Waals surface area contributed by atoms with E-state index in [1.165, 1.54) is 25.7 Å². The van der Waals surface area contributed by atoms with Crippen LogP contribution in [0.5, 0.6) is 0 Å². The van der Waals surface area contributed by atoms with Crippen LogP contribution in [-0.2, 0) is 0 Å². The number of hydrogen-bond donors (Lipinski definition) is 2. The van der Waals surface area contributed by atoms with E-state index in [1.54, 1.807) is 6.20 Å². The van der Waals surface area contributed by atoms with E-state index in [2.05, 4.69) is 22.5 Å². The average molecular weight is 289 g/mol. The first kappa shape index (κ1) is 15.8. The molecule has 1 amide bonds. The minimum atomic E-state index is -0.0170. The third-order valence-electron chi connectivity index (χ3n) is 4.25. The van der Waals surface area contributed by atoms with Crippen molar-refractivity contribution in [1.82, 2.24) is 10.3 Å². The number of amides is 1. The number of carbonyl (C=O) groups is 1. The van der Waals surface area contributed by atoms with Gasteiger partial charge >= 0.3 is 0 Å². The first-order chi connectivity index (χ1) is 10.1. The number of hydrogen-bond acceptors (Lipinski definition) is 3. The van der Waals surface area contributed by atoms with Crippen molar-refractivity contribution >= 4 is 11.6 Å². The molecule has 1 aromatic heterocycles. The van der Waals surface area contributed by atoms with E-state index >= 15 is 0 Å². The van der Waals surface area contributed by atoms with Gasteiger partial charge in [-0.25, -0.2) is 0 Å². The molecule has 0 radical (unpaired) electrons. The van der Waals surface area contributed by atoms with E-state index in [9.17, 15) is 4.79 Å². The molecule has 1 heterocycles. The van der Waals surface area contributed by atoms with Crippen LogP contribution in [0.15, 0.2) is 12.3 Å². The van der Waals surface area contributed by atoms with Gasteiger partial charge in [0.2, 0.25) is 0 Å². The van der Waals surface area contributed by atoms with Gasteiger partial charge in [0.05, 0.1) is 11.3 Å². The van der Waals surface area contributed by atoms with Crippen LogP contribution in [0.2, 0.25) is 0 Å². The van der Waals surface area contributed by atoms with Gasteiger partial charge in [-0.05, 0) is 44.6 Å². The summed E-state index contributed by atoms with van der Waals surface area (Å²) in [5.74, 6) is 1.40. The fourth-order valence-electron chi connectivity index (χ4n) is 3.15. The molecule has 21 heavy (non-hydrogen) atoms. The molecule has 2 N–H and O–H groups in total. The first-order valence-electron chi connectivity index (χ1n) is 8.08. The van der Waals surface area contributed by atoms with Crippen molar-refractivity contribution in [3.63, 3.8) is 0 Å². The Morgan fingerprint density at radius 2 is 2.24 bits per heavy atom. The van der Waals surface area contributed by atoms with Crippen LogP contribution in [0.3, 0.4) is 0 Å². The molecule has 1 aliphatic carbocycles. The maximum absolute atomic E-state index is 12.4. The van der Waals surface area contributed by atoms with Gasteiger partial charge in [0.1, 0.15) is 0 Å². The molecular weight excluding hydrogens is 262 g/mol. The Labute approximate surface area is 127 Å². The molecule has 4 heteroatoms. The van der Waals surface area contributed by atoms with Crippen molar-refractivity contribution in [3.05, 3.63) is 23.5 Å². The lowest BCUT2D eigenvalue weighted by molar-refractivity contribution is 0.0941. The molecule has 2 unspecified atom stereocenters. The Balaban J connectivity index is 1.96. The summed E-state index contributed by atoms with van der Waals surface area (Å²) < 4.78 is 0. The second-order valence-electron chi connectivity index (χ2n) is 6.25. The van der Waals surface area contributed by atoms with Crippen molar-refractivity contribution in [2.24, 2.45) is 11.8 Å². The topological polar surface area (TPSA) is 54.0 Å². The molecule has 0 aromatic carbocycles. The summed E-state index contributed by atoms with van der Waals surface area (Å²) in [6.45, 7) is 7.85. The zero-order valence-electron chi connectivity index (χ0n) is 13.4. The third kappa shape index (κ3) is 4.45. The zero-order valence-corrected chi connectivity index (χ0v) is 13.4. The van der Waals surface area contributed by atoms with Gasteiger partial charge in [0.15, 0.2) is 0 Å². The summed E-state index contributed by atoms with van der Waals surface area (Å²) in [4.78, 5) is 16.6. The minimum absolute atomic E-state index is 0.0170. The summed E-state index contributed by atoms with van der Waals surface area (Å²) in [7, 11) is 0. The number of rotatable bonds is 5. The van der Waals surface area contributed by atoms with Crippen molar-refractivity contribution in [1.29, 1.82) is 0 Å². The maximum atomic E-state index is 12.4. The predicted molar refractivity (Wildman–Crippen MR) is 86.6 cm³/mol. The molecule has 4 nitrogen and oxygen atoms in total. The highest BCUT2D eigenvalue weighted by molar-refractivity contribution is 5.99. The molecule has 1 aliphatic rings. The van der Waals surface area contributed by atoms with Gasteiger partial charge in [-0.3, -0.25) is 9.78 Å². The number of pyridine rings is 1. The molecule has 0 aliphatic heterocycles. The van der Waals surface area contributed by atoms with Gasteiger partial charge in [0.25, 0.3) is 5.91 Å². The molecule has 0 saturated heterocycles. The van der Waals surface area contributed by atoms with E-state index in [4.69, 9.17) is 0 Å². The van der Waals surface area contributed by atoms with Crippen molar-refractivity contribution in [3.8, 4) is 0 Å². The highest BCUT2D eigenvalue weighted by atomic mass is 16.1. The van der Waals surface area contributed by atoms with E-state index < -0.39 is 0 Å². The minimum Gasteiger partial charge on any atom is -0.385 e. The molecular formula is C17H27N3O. The highest BCUT2D eigenvalue weighted by Crippen LogP contribution is 2.28. The smallest absolute Gasteiger partial charge is 0.254 e. The Bertz CT molecular complexity index is 487. The fourth-order valence-corrected chi connectivity index (χ4v) is 3.15. The Kier molecular flexibility index (Phi) is 5.59. The number of aryl methyl sites for hydroxylation is 1. The van der Waals surface area contributed by atoms with E-state index in [0.717, 1.165) is 30.4 Å². The average Bonchev–Trinajstić information content (AvgIpc) is 2.45.